The maximum absolute atomic E-state index is 14.4. The quantitative estimate of drug-likeness (QED) is 0.0179. The van der Waals surface area contributed by atoms with Crippen molar-refractivity contribution in [3.8, 4) is 29.1 Å². The number of ether oxygens (including phenoxy) is 2. The van der Waals surface area contributed by atoms with Crippen molar-refractivity contribution in [1.82, 2.24) is 0 Å². The van der Waals surface area contributed by atoms with Gasteiger partial charge in [-0.3, -0.25) is 0 Å². The number of aliphatic hydroxyl groups is 2. The maximum atomic E-state index is 14.4. The van der Waals surface area contributed by atoms with Crippen LogP contribution >= 0.6 is 0 Å². The van der Waals surface area contributed by atoms with E-state index in [1.165, 1.54) is 0 Å². The smallest absolute Gasteiger partial charge is 0.748 e. The van der Waals surface area contributed by atoms with Gasteiger partial charge in [-0.1, -0.05) is 124 Å². The molecule has 1 saturated carbocycles. The summed E-state index contributed by atoms with van der Waals surface area (Å²) in [5.41, 5.74) is 19.4. The van der Waals surface area contributed by atoms with E-state index in [1.807, 2.05) is 84.9 Å². The number of guanidine groups is 1. The van der Waals surface area contributed by atoms with Gasteiger partial charge in [-0.2, -0.15) is 0 Å². The summed E-state index contributed by atoms with van der Waals surface area (Å²) in [6.07, 6.45) is 8.87. The number of aliphatic hydroxyl groups excluding tert-OH is 1. The Kier molecular flexibility index (Phi) is 17.8. The van der Waals surface area contributed by atoms with E-state index in [0.717, 1.165) is 81.0 Å². The maximum Gasteiger partial charge on any atom is 1.00 e. The number of hydrogen-bond acceptors (Lipinski definition) is 10. The molecule has 0 amide bonds. The third-order valence-electron chi connectivity index (χ3n) is 20.1. The summed E-state index contributed by atoms with van der Waals surface area (Å²) in [5.74, 6) is 5.33. The van der Waals surface area contributed by atoms with Crippen LogP contribution in [0.4, 0.5) is 0 Å². The molecule has 13 atom stereocenters. The van der Waals surface area contributed by atoms with Gasteiger partial charge in [0.15, 0.2) is 5.96 Å². The summed E-state index contributed by atoms with van der Waals surface area (Å²) in [6.45, 7) is 6.43. The Balaban J connectivity index is 0.00000752. The van der Waals surface area contributed by atoms with E-state index in [9.17, 15) is 33.4 Å². The molecule has 13 unspecified atom stereocenters. The number of aliphatic imine (C=N–C) groups is 1. The van der Waals surface area contributed by atoms with Gasteiger partial charge < -0.3 is 45.9 Å². The number of nitrogens with zero attached hydrogens (tertiary/aromatic N) is 1. The summed E-state index contributed by atoms with van der Waals surface area (Å²) in [5, 5.41) is 46.9. The first kappa shape index (κ1) is 61.0. The minimum atomic E-state index is -4.96. The van der Waals surface area contributed by atoms with Crippen molar-refractivity contribution < 1.29 is 72.4 Å². The SMILES string of the molecule is CC(C)Cc1cc(O)cc2cc(C3CCCC(O)(C(Cc4ccccc4)CC4(N=C(N)N)Oc5ccc6c(c5)CCC(C)C6CC(S(=O)(=O)[O-])C5C=C6CC(CC7CC(CO)CC#Cc8cc(O)ccc8C6O7)C5c5ccc4cc5)C3)ccc12.[Na+]. The van der Waals surface area contributed by atoms with Gasteiger partial charge in [0.25, 0.3) is 0 Å². The number of aromatic hydroxyl groups is 2. The summed E-state index contributed by atoms with van der Waals surface area (Å²) in [6, 6.07) is 39.7. The zero-order valence-electron chi connectivity index (χ0n) is 49.5. The van der Waals surface area contributed by atoms with Crippen LogP contribution in [0.25, 0.3) is 10.8 Å². The number of nitrogens with two attached hydrogens (primary N) is 2. The second-order valence-corrected chi connectivity index (χ2v) is 27.8. The molecule has 2 fully saturated rings. The Bertz CT molecular complexity index is 3670. The van der Waals surface area contributed by atoms with Crippen molar-refractivity contribution >= 4 is 26.9 Å². The standard InChI is InChI=1S/C71H81N3O9S.Na/c1-42(2)27-51-33-58(77)34-52-30-47(18-23-61(51)52)50-13-8-26-70(78,39-50)56(28-44-9-5-4-6-10-44)40-71(74-69(72)73)55-19-16-46(17-20-55)67-53-31-54(68-63-24-21-57(76)32-48(63)12-7-11-45(41-75)29-60(36-53)82-68)37-65(67)66(84(79,80)81)38-64-43(3)14-15-49-35-59(83-71)22-25-62(49)64;/h4-6,9-10,16-25,30,32-35,37,42-43,45,50,53,56,60,64-68,75-78H,8,11,13-15,26-29,31,36,38-41H2,1-3H3,(H4,72,73,74)(H,79,80,81);/q;+1/p-1. The minimum Gasteiger partial charge on any atom is -0.748 e. The fraction of sp³-hybridized carbons (Fsp3) is 0.451. The molecule has 3 aliphatic carbocycles. The van der Waals surface area contributed by atoms with Crippen LogP contribution in [-0.4, -0.2) is 62.9 Å². The fourth-order valence-electron chi connectivity index (χ4n) is 16.1. The van der Waals surface area contributed by atoms with E-state index in [4.69, 9.17) is 25.9 Å². The molecule has 12 nitrogen and oxygen atoms in total. The minimum absolute atomic E-state index is 0. The number of phenolic OH excluding ortho intramolecular Hbond substituents is 2. The van der Waals surface area contributed by atoms with Gasteiger partial charge in [0.2, 0.25) is 5.72 Å². The third-order valence-corrected chi connectivity index (χ3v) is 21.3. The van der Waals surface area contributed by atoms with Gasteiger partial charge in [-0.25, -0.2) is 13.4 Å². The van der Waals surface area contributed by atoms with Crippen molar-refractivity contribution in [2.24, 2.45) is 52.0 Å². The van der Waals surface area contributed by atoms with E-state index < -0.39 is 50.6 Å². The van der Waals surface area contributed by atoms with E-state index in [0.29, 0.717) is 74.2 Å². The molecule has 14 heteroatoms. The number of allylic oxidation sites excluding steroid dienone is 1. The van der Waals surface area contributed by atoms with Crippen molar-refractivity contribution in [1.29, 1.82) is 0 Å². The predicted molar refractivity (Wildman–Crippen MR) is 327 cm³/mol. The van der Waals surface area contributed by atoms with E-state index in [2.05, 4.69) is 62.9 Å². The molecule has 8 N–H and O–H groups in total. The molecule has 440 valence electrons. The average molecular weight is 1170 g/mol. The van der Waals surface area contributed by atoms with Gasteiger partial charge in [-0.05, 0) is 216 Å². The number of benzene rings is 6. The Morgan fingerprint density at radius 2 is 1.65 bits per heavy atom. The van der Waals surface area contributed by atoms with Crippen LogP contribution < -0.4 is 45.8 Å². The molecule has 5 aliphatic heterocycles. The molecular formula is C71H80N3NaO9S. The molecule has 1 saturated heterocycles. The number of phenols is 2. The Morgan fingerprint density at radius 3 is 2.40 bits per heavy atom. The van der Waals surface area contributed by atoms with Crippen molar-refractivity contribution in [2.45, 2.75) is 157 Å². The van der Waals surface area contributed by atoms with Gasteiger partial charge >= 0.3 is 29.6 Å². The van der Waals surface area contributed by atoms with Crippen molar-refractivity contribution in [3.63, 3.8) is 0 Å². The molecule has 0 spiro atoms. The second kappa shape index (κ2) is 24.8. The molecule has 6 aromatic carbocycles. The van der Waals surface area contributed by atoms with E-state index in [-0.39, 0.29) is 102 Å². The number of aryl methyl sites for hydroxylation is 1. The summed E-state index contributed by atoms with van der Waals surface area (Å²) >= 11 is 0. The first-order valence-electron chi connectivity index (χ1n) is 30.6. The van der Waals surface area contributed by atoms with Crippen LogP contribution in [0, 0.1) is 47.3 Å². The molecule has 5 heterocycles. The molecule has 8 aliphatic rings. The topological polar surface area (TPSA) is 221 Å². The van der Waals surface area contributed by atoms with Crippen LogP contribution in [0.1, 0.15) is 165 Å². The Morgan fingerprint density at radius 1 is 0.871 bits per heavy atom. The van der Waals surface area contributed by atoms with Crippen LogP contribution in [0.5, 0.6) is 17.2 Å². The number of hydrogen-bond donors (Lipinski definition) is 6. The fourth-order valence-corrected chi connectivity index (χ4v) is 17.2. The summed E-state index contributed by atoms with van der Waals surface area (Å²) < 4.78 is 57.8. The second-order valence-electron chi connectivity index (χ2n) is 26.2. The normalized spacial score (nSPS) is 29.2. The molecule has 6 aromatic rings. The van der Waals surface area contributed by atoms with Gasteiger partial charge in [0, 0.05) is 36.1 Å². The number of rotatable bonds is 11. The molecular weight excluding hydrogens is 1090 g/mol. The summed E-state index contributed by atoms with van der Waals surface area (Å²) in [7, 11) is -4.96. The van der Waals surface area contributed by atoms with Gasteiger partial charge in [0.05, 0.1) is 27.1 Å². The largest absolute Gasteiger partial charge is 1.00 e. The predicted octanol–water partition coefficient (Wildman–Crippen LogP) is 9.21. The molecule has 14 rings (SSSR count). The van der Waals surface area contributed by atoms with E-state index >= 15 is 0 Å². The summed E-state index contributed by atoms with van der Waals surface area (Å²) in [4.78, 5) is 5.18. The molecule has 0 aromatic heterocycles. The van der Waals surface area contributed by atoms with Crippen molar-refractivity contribution in [2.75, 3.05) is 6.61 Å². The van der Waals surface area contributed by atoms with Crippen LogP contribution in [0.3, 0.4) is 0 Å². The molecule has 85 heavy (non-hydrogen) atoms. The molecule has 10 bridgehead atoms. The van der Waals surface area contributed by atoms with Crippen LogP contribution in [0.2, 0.25) is 0 Å². The van der Waals surface area contributed by atoms with E-state index in [1.54, 1.807) is 12.1 Å². The zero-order chi connectivity index (χ0) is 58.7. The van der Waals surface area contributed by atoms with Crippen LogP contribution in [0.15, 0.2) is 138 Å². The average Bonchev–Trinajstić information content (AvgIpc) is 3.32. The zero-order valence-corrected chi connectivity index (χ0v) is 52.3. The third kappa shape index (κ3) is 12.7. The van der Waals surface area contributed by atoms with Crippen molar-refractivity contribution in [3.05, 3.63) is 183 Å². The Labute approximate surface area is 523 Å². The molecule has 0 radical (unpaired) electrons. The van der Waals surface area contributed by atoms with Gasteiger partial charge in [-0.15, -0.1) is 0 Å². The Hall–Kier alpha value is -5.66. The first-order valence-corrected chi connectivity index (χ1v) is 32.1. The number of fused-ring (bicyclic) bond motifs is 9. The first-order chi connectivity index (χ1) is 40.3. The van der Waals surface area contributed by atoms with Crippen LogP contribution in [-0.2, 0) is 39.8 Å². The monoisotopic (exact) mass is 1170 g/mol. The van der Waals surface area contributed by atoms with Gasteiger partial charge in [0.1, 0.15) is 23.4 Å².